The maximum absolute atomic E-state index is 12.3. The van der Waals surface area contributed by atoms with Crippen LogP contribution in [0.5, 0.6) is 0 Å². The standard InChI is InChI=1S/C19H18N4O2S/c24-18(20-11-13-5-2-1-3-6-13)16-10-15-9-14(12-23(15)22-16)21-19(25)17-7-4-8-26-17/h1-8,10,14H,9,11-12H2,(H,20,24)(H,21,25)/t14-/m0/s1. The third-order valence-electron chi connectivity index (χ3n) is 4.32. The Kier molecular flexibility index (Phi) is 4.53. The third kappa shape index (κ3) is 3.52. The third-order valence-corrected chi connectivity index (χ3v) is 5.19. The van der Waals surface area contributed by atoms with Gasteiger partial charge in [-0.25, -0.2) is 0 Å². The second-order valence-corrected chi connectivity index (χ2v) is 7.17. The summed E-state index contributed by atoms with van der Waals surface area (Å²) in [6.45, 7) is 1.06. The van der Waals surface area contributed by atoms with E-state index in [0.29, 0.717) is 30.1 Å². The molecule has 132 valence electrons. The molecular weight excluding hydrogens is 348 g/mol. The van der Waals surface area contributed by atoms with Gasteiger partial charge in [0, 0.05) is 18.7 Å². The van der Waals surface area contributed by atoms with Crippen molar-refractivity contribution in [2.75, 3.05) is 0 Å². The molecule has 0 saturated heterocycles. The van der Waals surface area contributed by atoms with Gasteiger partial charge in [0.2, 0.25) is 0 Å². The van der Waals surface area contributed by atoms with Gasteiger partial charge in [-0.15, -0.1) is 11.3 Å². The number of hydrogen-bond donors (Lipinski definition) is 2. The monoisotopic (exact) mass is 366 g/mol. The minimum absolute atomic E-state index is 0.00790. The van der Waals surface area contributed by atoms with Crippen molar-refractivity contribution >= 4 is 23.2 Å². The highest BCUT2D eigenvalue weighted by atomic mass is 32.1. The maximum atomic E-state index is 12.3. The van der Waals surface area contributed by atoms with Gasteiger partial charge < -0.3 is 10.6 Å². The van der Waals surface area contributed by atoms with E-state index in [1.165, 1.54) is 11.3 Å². The molecule has 0 saturated carbocycles. The Morgan fingerprint density at radius 3 is 2.73 bits per heavy atom. The Morgan fingerprint density at radius 2 is 2.00 bits per heavy atom. The average molecular weight is 366 g/mol. The Labute approximate surface area is 154 Å². The lowest BCUT2D eigenvalue weighted by atomic mass is 10.2. The molecule has 7 heteroatoms. The molecule has 0 fully saturated rings. The van der Waals surface area contributed by atoms with Crippen LogP contribution < -0.4 is 10.6 Å². The van der Waals surface area contributed by atoms with Crippen LogP contribution in [0, 0.1) is 0 Å². The lowest BCUT2D eigenvalue weighted by Gasteiger charge is -2.10. The largest absolute Gasteiger partial charge is 0.347 e. The summed E-state index contributed by atoms with van der Waals surface area (Å²) in [4.78, 5) is 25.1. The van der Waals surface area contributed by atoms with Gasteiger partial charge in [-0.05, 0) is 23.1 Å². The predicted octanol–water partition coefficient (Wildman–Crippen LogP) is 2.23. The van der Waals surface area contributed by atoms with Gasteiger partial charge >= 0.3 is 0 Å². The molecule has 0 radical (unpaired) electrons. The zero-order valence-corrected chi connectivity index (χ0v) is 14.8. The van der Waals surface area contributed by atoms with E-state index in [1.54, 1.807) is 10.7 Å². The van der Waals surface area contributed by atoms with Crippen LogP contribution in [0.3, 0.4) is 0 Å². The fourth-order valence-corrected chi connectivity index (χ4v) is 3.67. The first-order chi connectivity index (χ1) is 12.7. The molecule has 4 rings (SSSR count). The topological polar surface area (TPSA) is 76.0 Å². The van der Waals surface area contributed by atoms with E-state index in [2.05, 4.69) is 15.7 Å². The predicted molar refractivity (Wildman–Crippen MR) is 99.1 cm³/mol. The molecule has 26 heavy (non-hydrogen) atoms. The Hall–Kier alpha value is -2.93. The van der Waals surface area contributed by atoms with Crippen LogP contribution in [0.15, 0.2) is 53.9 Å². The van der Waals surface area contributed by atoms with Crippen molar-refractivity contribution in [3.63, 3.8) is 0 Å². The minimum Gasteiger partial charge on any atom is -0.347 e. The smallest absolute Gasteiger partial charge is 0.272 e. The highest BCUT2D eigenvalue weighted by molar-refractivity contribution is 7.12. The van der Waals surface area contributed by atoms with Crippen molar-refractivity contribution < 1.29 is 9.59 Å². The fourth-order valence-electron chi connectivity index (χ4n) is 3.04. The van der Waals surface area contributed by atoms with E-state index >= 15 is 0 Å². The summed E-state index contributed by atoms with van der Waals surface area (Å²) in [5.74, 6) is -0.244. The molecule has 1 atom stereocenters. The number of carbonyl (C=O) groups excluding carboxylic acids is 2. The molecule has 1 aliphatic heterocycles. The van der Waals surface area contributed by atoms with Crippen molar-refractivity contribution in [1.82, 2.24) is 20.4 Å². The number of nitrogens with one attached hydrogen (secondary N) is 2. The van der Waals surface area contributed by atoms with Crippen molar-refractivity contribution in [3.05, 3.63) is 75.7 Å². The molecule has 0 unspecified atom stereocenters. The van der Waals surface area contributed by atoms with Crippen LogP contribution in [-0.2, 0) is 19.5 Å². The average Bonchev–Trinajstić information content (AvgIpc) is 3.36. The highest BCUT2D eigenvalue weighted by Crippen LogP contribution is 2.17. The molecule has 2 amide bonds. The summed E-state index contributed by atoms with van der Waals surface area (Å²) in [6.07, 6.45) is 0.677. The van der Waals surface area contributed by atoms with E-state index in [9.17, 15) is 9.59 Å². The first-order valence-corrected chi connectivity index (χ1v) is 9.30. The van der Waals surface area contributed by atoms with Gasteiger partial charge in [0.15, 0.2) is 0 Å². The Bertz CT molecular complexity index is 895. The maximum Gasteiger partial charge on any atom is 0.272 e. The summed E-state index contributed by atoms with van der Waals surface area (Å²) in [5, 5.41) is 12.2. The zero-order chi connectivity index (χ0) is 17.9. The molecule has 2 aromatic heterocycles. The van der Waals surface area contributed by atoms with Crippen molar-refractivity contribution in [1.29, 1.82) is 0 Å². The summed E-state index contributed by atoms with van der Waals surface area (Å²) in [7, 11) is 0. The van der Waals surface area contributed by atoms with Crippen LogP contribution >= 0.6 is 11.3 Å². The van der Waals surface area contributed by atoms with Crippen molar-refractivity contribution in [3.8, 4) is 0 Å². The molecule has 0 aliphatic carbocycles. The number of benzene rings is 1. The molecule has 0 bridgehead atoms. The van der Waals surface area contributed by atoms with Crippen LogP contribution in [0.1, 0.15) is 31.4 Å². The lowest BCUT2D eigenvalue weighted by molar-refractivity contribution is 0.0930. The molecule has 1 aliphatic rings. The van der Waals surface area contributed by atoms with Crippen LogP contribution in [-0.4, -0.2) is 27.6 Å². The SMILES string of the molecule is O=C(NCc1ccccc1)c1cc2n(n1)C[C@@H](NC(=O)c1cccs1)C2. The number of rotatable bonds is 5. The number of amides is 2. The quantitative estimate of drug-likeness (QED) is 0.727. The van der Waals surface area contributed by atoms with E-state index in [-0.39, 0.29) is 17.9 Å². The van der Waals surface area contributed by atoms with Gasteiger partial charge in [0.1, 0.15) is 5.69 Å². The number of fused-ring (bicyclic) bond motifs is 1. The van der Waals surface area contributed by atoms with Gasteiger partial charge in [-0.1, -0.05) is 36.4 Å². The first kappa shape index (κ1) is 16.5. The molecule has 6 nitrogen and oxygen atoms in total. The van der Waals surface area contributed by atoms with E-state index in [4.69, 9.17) is 0 Å². The summed E-state index contributed by atoms with van der Waals surface area (Å²) in [6, 6.07) is 15.2. The Morgan fingerprint density at radius 1 is 1.15 bits per heavy atom. The first-order valence-electron chi connectivity index (χ1n) is 8.42. The molecule has 3 heterocycles. The normalized spacial score (nSPS) is 15.5. The second-order valence-electron chi connectivity index (χ2n) is 6.22. The van der Waals surface area contributed by atoms with E-state index < -0.39 is 0 Å². The van der Waals surface area contributed by atoms with Crippen molar-refractivity contribution in [2.24, 2.45) is 0 Å². The van der Waals surface area contributed by atoms with Gasteiger partial charge in [0.25, 0.3) is 11.8 Å². The van der Waals surface area contributed by atoms with Gasteiger partial charge in [0.05, 0.1) is 17.5 Å². The number of carbonyl (C=O) groups is 2. The van der Waals surface area contributed by atoms with Gasteiger partial charge in [-0.2, -0.15) is 5.10 Å². The fraction of sp³-hybridized carbons (Fsp3) is 0.211. The number of thiophene rings is 1. The van der Waals surface area contributed by atoms with Crippen molar-refractivity contribution in [2.45, 2.75) is 25.6 Å². The highest BCUT2D eigenvalue weighted by Gasteiger charge is 2.26. The minimum atomic E-state index is -0.185. The summed E-state index contributed by atoms with van der Waals surface area (Å²) >= 11 is 1.42. The van der Waals surface area contributed by atoms with E-state index in [1.807, 2.05) is 47.8 Å². The Balaban J connectivity index is 1.33. The lowest BCUT2D eigenvalue weighted by Crippen LogP contribution is -2.35. The van der Waals surface area contributed by atoms with Crippen LogP contribution in [0.25, 0.3) is 0 Å². The summed E-state index contributed by atoms with van der Waals surface area (Å²) < 4.78 is 1.80. The van der Waals surface area contributed by atoms with Crippen LogP contribution in [0.2, 0.25) is 0 Å². The van der Waals surface area contributed by atoms with E-state index in [0.717, 1.165) is 11.3 Å². The molecular formula is C19H18N4O2S. The number of nitrogens with zero attached hydrogens (tertiary/aromatic N) is 2. The van der Waals surface area contributed by atoms with Crippen LogP contribution in [0.4, 0.5) is 0 Å². The van der Waals surface area contributed by atoms with Gasteiger partial charge in [-0.3, -0.25) is 14.3 Å². The number of aromatic nitrogens is 2. The number of hydrogen-bond acceptors (Lipinski definition) is 4. The molecule has 0 spiro atoms. The molecule has 3 aromatic rings. The zero-order valence-electron chi connectivity index (χ0n) is 14.0. The second kappa shape index (κ2) is 7.13. The molecule has 1 aromatic carbocycles. The molecule has 2 N–H and O–H groups in total. The summed E-state index contributed by atoms with van der Waals surface area (Å²) in [5.41, 5.74) is 2.43.